The van der Waals surface area contributed by atoms with Crippen molar-refractivity contribution in [3.8, 4) is 0 Å². The summed E-state index contributed by atoms with van der Waals surface area (Å²) in [4.78, 5) is 13.1. The summed E-state index contributed by atoms with van der Waals surface area (Å²) in [6.07, 6.45) is -2.03. The third-order valence-corrected chi connectivity index (χ3v) is 2.96. The Morgan fingerprint density at radius 3 is 2.89 bits per heavy atom. The Morgan fingerprint density at radius 1 is 1.58 bits per heavy atom. The number of amides is 1. The number of carbonyl (C=O) groups is 1. The highest BCUT2D eigenvalue weighted by atomic mass is 19.4. The molecule has 1 aliphatic heterocycles. The smallest absolute Gasteiger partial charge is 0.347 e. The van der Waals surface area contributed by atoms with Crippen LogP contribution in [0.1, 0.15) is 16.9 Å². The van der Waals surface area contributed by atoms with Crippen LogP contribution >= 0.6 is 0 Å². The van der Waals surface area contributed by atoms with Crippen molar-refractivity contribution < 1.29 is 18.0 Å². The van der Waals surface area contributed by atoms with Gasteiger partial charge in [-0.2, -0.15) is 18.3 Å². The van der Waals surface area contributed by atoms with E-state index in [0.29, 0.717) is 13.0 Å². The van der Waals surface area contributed by atoms with Gasteiger partial charge in [-0.15, -0.1) is 0 Å². The maximum Gasteiger partial charge on any atom is 0.401 e. The molecule has 0 bridgehead atoms. The number of aryl methyl sites for hydroxylation is 1. The van der Waals surface area contributed by atoms with E-state index in [1.165, 1.54) is 9.58 Å². The average molecular weight is 276 g/mol. The fourth-order valence-corrected chi connectivity index (χ4v) is 2.14. The molecule has 0 aliphatic carbocycles. The number of hydrogen-bond donors (Lipinski definition) is 1. The first-order valence-corrected chi connectivity index (χ1v) is 5.93. The largest absolute Gasteiger partial charge is 0.401 e. The van der Waals surface area contributed by atoms with Gasteiger partial charge in [0, 0.05) is 32.4 Å². The molecule has 1 N–H and O–H groups in total. The Morgan fingerprint density at radius 2 is 2.32 bits per heavy atom. The van der Waals surface area contributed by atoms with Crippen LogP contribution in [0.2, 0.25) is 0 Å². The predicted octanol–water partition coefficient (Wildman–Crippen LogP) is 0.786. The minimum atomic E-state index is -4.19. The molecule has 1 aromatic rings. The summed E-state index contributed by atoms with van der Waals surface area (Å²) < 4.78 is 38.2. The number of carbonyl (C=O) groups excluding carboxylic acids is 1. The first-order chi connectivity index (χ1) is 8.83. The van der Waals surface area contributed by atoms with Gasteiger partial charge >= 0.3 is 6.18 Å². The summed E-state index contributed by atoms with van der Waals surface area (Å²) >= 11 is 0. The van der Waals surface area contributed by atoms with Gasteiger partial charge in [0.05, 0.1) is 6.54 Å². The van der Waals surface area contributed by atoms with E-state index in [-0.39, 0.29) is 24.2 Å². The van der Waals surface area contributed by atoms with Crippen molar-refractivity contribution in [2.45, 2.75) is 18.6 Å². The van der Waals surface area contributed by atoms with Crippen molar-refractivity contribution in [2.75, 3.05) is 19.6 Å². The molecular formula is C11H15F3N4O. The van der Waals surface area contributed by atoms with E-state index in [9.17, 15) is 18.0 Å². The molecule has 2 rings (SSSR count). The first-order valence-electron chi connectivity index (χ1n) is 5.93. The van der Waals surface area contributed by atoms with Crippen molar-refractivity contribution in [3.05, 3.63) is 18.0 Å². The maximum atomic E-state index is 12.2. The predicted molar refractivity (Wildman–Crippen MR) is 61.6 cm³/mol. The lowest BCUT2D eigenvalue weighted by molar-refractivity contribution is -0.143. The second-order valence-electron chi connectivity index (χ2n) is 4.68. The molecule has 0 radical (unpaired) electrons. The van der Waals surface area contributed by atoms with Gasteiger partial charge in [-0.1, -0.05) is 0 Å². The normalized spacial score (nSPS) is 20.7. The van der Waals surface area contributed by atoms with Crippen molar-refractivity contribution in [1.29, 1.82) is 0 Å². The van der Waals surface area contributed by atoms with Crippen LogP contribution in [0.15, 0.2) is 12.3 Å². The molecular weight excluding hydrogens is 261 g/mol. The van der Waals surface area contributed by atoms with Crippen LogP contribution in [-0.4, -0.2) is 52.4 Å². The zero-order chi connectivity index (χ0) is 14.0. The molecule has 1 aliphatic rings. The van der Waals surface area contributed by atoms with E-state index in [2.05, 4.69) is 10.4 Å². The summed E-state index contributed by atoms with van der Waals surface area (Å²) in [5.74, 6) is -0.348. The second kappa shape index (κ2) is 5.20. The molecule has 1 fully saturated rings. The summed E-state index contributed by atoms with van der Waals surface area (Å²) in [7, 11) is 1.69. The van der Waals surface area contributed by atoms with Gasteiger partial charge in [-0.25, -0.2) is 0 Å². The molecule has 2 heterocycles. The van der Waals surface area contributed by atoms with Crippen LogP contribution in [0.4, 0.5) is 13.2 Å². The third-order valence-electron chi connectivity index (χ3n) is 2.96. The third kappa shape index (κ3) is 3.95. The Kier molecular flexibility index (Phi) is 3.79. The number of nitrogens with one attached hydrogen (secondary N) is 1. The second-order valence-corrected chi connectivity index (χ2v) is 4.68. The standard InChI is InChI=1S/C11H15F3N4O/c1-17-4-3-9(16-17)10(19)15-8-2-5-18(6-8)7-11(12,13)14/h3-4,8H,2,5-7H2,1H3,(H,15,19). The van der Waals surface area contributed by atoms with E-state index in [1.807, 2.05) is 0 Å². The molecule has 0 saturated carbocycles. The highest BCUT2D eigenvalue weighted by Gasteiger charge is 2.34. The topological polar surface area (TPSA) is 50.2 Å². The van der Waals surface area contributed by atoms with Gasteiger partial charge in [0.1, 0.15) is 5.69 Å². The van der Waals surface area contributed by atoms with Crippen molar-refractivity contribution in [2.24, 2.45) is 7.05 Å². The zero-order valence-electron chi connectivity index (χ0n) is 10.4. The minimum absolute atomic E-state index is 0.220. The minimum Gasteiger partial charge on any atom is -0.347 e. The molecule has 1 unspecified atom stereocenters. The lowest BCUT2D eigenvalue weighted by atomic mass is 10.2. The maximum absolute atomic E-state index is 12.2. The van der Waals surface area contributed by atoms with Crippen LogP contribution in [0.25, 0.3) is 0 Å². The molecule has 0 aromatic carbocycles. The van der Waals surface area contributed by atoms with Crippen LogP contribution < -0.4 is 5.32 Å². The molecule has 8 heteroatoms. The van der Waals surface area contributed by atoms with Crippen LogP contribution in [0, 0.1) is 0 Å². The van der Waals surface area contributed by atoms with Crippen LogP contribution in [-0.2, 0) is 7.05 Å². The zero-order valence-corrected chi connectivity index (χ0v) is 10.4. The van der Waals surface area contributed by atoms with E-state index in [0.717, 1.165) is 0 Å². The fraction of sp³-hybridized carbons (Fsp3) is 0.636. The number of halogens is 3. The van der Waals surface area contributed by atoms with Gasteiger partial charge in [-0.05, 0) is 12.5 Å². The molecule has 1 saturated heterocycles. The Hall–Kier alpha value is -1.57. The summed E-state index contributed by atoms with van der Waals surface area (Å²) in [5, 5.41) is 6.64. The van der Waals surface area contributed by atoms with Gasteiger partial charge in [0.15, 0.2) is 0 Å². The molecule has 1 atom stereocenters. The Bertz CT molecular complexity index is 457. The number of hydrogen-bond acceptors (Lipinski definition) is 3. The highest BCUT2D eigenvalue weighted by Crippen LogP contribution is 2.20. The molecule has 1 amide bonds. The van der Waals surface area contributed by atoms with Gasteiger partial charge in [0.2, 0.25) is 0 Å². The lowest BCUT2D eigenvalue weighted by Gasteiger charge is -2.18. The van der Waals surface area contributed by atoms with E-state index in [1.54, 1.807) is 19.3 Å². The van der Waals surface area contributed by atoms with Crippen molar-refractivity contribution in [1.82, 2.24) is 20.0 Å². The van der Waals surface area contributed by atoms with Gasteiger partial charge < -0.3 is 5.32 Å². The number of aromatic nitrogens is 2. The number of alkyl halides is 3. The van der Waals surface area contributed by atoms with Crippen LogP contribution in [0.5, 0.6) is 0 Å². The SMILES string of the molecule is Cn1ccc(C(=O)NC2CCN(CC(F)(F)F)C2)n1. The quantitative estimate of drug-likeness (QED) is 0.888. The Balaban J connectivity index is 1.83. The first kappa shape index (κ1) is 13.9. The number of likely N-dealkylation sites (tertiary alicyclic amines) is 1. The fourth-order valence-electron chi connectivity index (χ4n) is 2.14. The molecule has 1 aromatic heterocycles. The highest BCUT2D eigenvalue weighted by molar-refractivity contribution is 5.92. The number of rotatable bonds is 3. The van der Waals surface area contributed by atoms with E-state index in [4.69, 9.17) is 0 Å². The summed E-state index contributed by atoms with van der Waals surface area (Å²) in [6, 6.07) is 1.31. The van der Waals surface area contributed by atoms with E-state index < -0.39 is 12.7 Å². The molecule has 19 heavy (non-hydrogen) atoms. The summed E-state index contributed by atoms with van der Waals surface area (Å²) in [6.45, 7) is -0.367. The monoisotopic (exact) mass is 276 g/mol. The average Bonchev–Trinajstić information content (AvgIpc) is 2.85. The number of nitrogens with zero attached hydrogens (tertiary/aromatic N) is 3. The Labute approximate surface area is 108 Å². The van der Waals surface area contributed by atoms with Crippen LogP contribution in [0.3, 0.4) is 0 Å². The van der Waals surface area contributed by atoms with Gasteiger partial charge in [-0.3, -0.25) is 14.4 Å². The van der Waals surface area contributed by atoms with Crippen molar-refractivity contribution in [3.63, 3.8) is 0 Å². The van der Waals surface area contributed by atoms with Gasteiger partial charge in [0.25, 0.3) is 5.91 Å². The molecule has 0 spiro atoms. The summed E-state index contributed by atoms with van der Waals surface area (Å²) in [5.41, 5.74) is 0.275. The molecule has 106 valence electrons. The molecule has 5 nitrogen and oxygen atoms in total. The van der Waals surface area contributed by atoms with Crippen molar-refractivity contribution >= 4 is 5.91 Å². The van der Waals surface area contributed by atoms with E-state index >= 15 is 0 Å². The lowest BCUT2D eigenvalue weighted by Crippen LogP contribution is -2.39.